The van der Waals surface area contributed by atoms with Gasteiger partial charge in [-0.05, 0) is 23.8 Å². The lowest BCUT2D eigenvalue weighted by atomic mass is 10.1. The van der Waals surface area contributed by atoms with E-state index in [2.05, 4.69) is 6.58 Å². The monoisotopic (exact) mass is 276 g/mol. The normalized spacial score (nSPS) is 10.5. The van der Waals surface area contributed by atoms with Gasteiger partial charge in [0.2, 0.25) is 5.91 Å². The molecule has 0 aliphatic carbocycles. The SMILES string of the molecule is C=CCOc1ccc(/C=C\C(=O)N(C)CCO)cc1N. The smallest absolute Gasteiger partial charge is 0.246 e. The van der Waals surface area contributed by atoms with Crippen LogP contribution in [0.3, 0.4) is 0 Å². The Morgan fingerprint density at radius 3 is 2.90 bits per heavy atom. The highest BCUT2D eigenvalue weighted by molar-refractivity contribution is 5.91. The third-order valence-corrected chi connectivity index (χ3v) is 2.62. The van der Waals surface area contributed by atoms with E-state index >= 15 is 0 Å². The van der Waals surface area contributed by atoms with Crippen molar-refractivity contribution in [3.05, 3.63) is 42.5 Å². The first-order valence-corrected chi connectivity index (χ1v) is 6.25. The van der Waals surface area contributed by atoms with Crippen molar-refractivity contribution in [2.75, 3.05) is 32.5 Å². The molecule has 0 atom stereocenters. The number of amides is 1. The van der Waals surface area contributed by atoms with Gasteiger partial charge in [-0.1, -0.05) is 18.7 Å². The van der Waals surface area contributed by atoms with Crippen molar-refractivity contribution in [3.8, 4) is 5.75 Å². The highest BCUT2D eigenvalue weighted by atomic mass is 16.5. The van der Waals surface area contributed by atoms with Crippen LogP contribution in [0.2, 0.25) is 0 Å². The Morgan fingerprint density at radius 1 is 1.55 bits per heavy atom. The number of nitrogens with two attached hydrogens (primary N) is 1. The summed E-state index contributed by atoms with van der Waals surface area (Å²) in [5.41, 5.74) is 7.16. The second kappa shape index (κ2) is 8.01. The summed E-state index contributed by atoms with van der Waals surface area (Å²) >= 11 is 0. The molecule has 5 nitrogen and oxygen atoms in total. The Balaban J connectivity index is 2.71. The molecule has 0 heterocycles. The number of likely N-dealkylation sites (N-methyl/N-ethyl adjacent to an activating group) is 1. The quantitative estimate of drug-likeness (QED) is 0.447. The number of nitrogen functional groups attached to an aromatic ring is 1. The van der Waals surface area contributed by atoms with Crippen LogP contribution < -0.4 is 10.5 Å². The molecule has 0 fully saturated rings. The number of carbonyl (C=O) groups excluding carboxylic acids is 1. The number of nitrogens with zero attached hydrogens (tertiary/aromatic N) is 1. The highest BCUT2D eigenvalue weighted by Gasteiger charge is 2.04. The number of rotatable bonds is 7. The third-order valence-electron chi connectivity index (χ3n) is 2.62. The molecule has 0 radical (unpaired) electrons. The summed E-state index contributed by atoms with van der Waals surface area (Å²) in [4.78, 5) is 13.1. The van der Waals surface area contributed by atoms with Crippen molar-refractivity contribution in [3.63, 3.8) is 0 Å². The zero-order valence-corrected chi connectivity index (χ0v) is 11.6. The molecule has 0 saturated heterocycles. The number of anilines is 1. The van der Waals surface area contributed by atoms with Gasteiger partial charge >= 0.3 is 0 Å². The lowest BCUT2D eigenvalue weighted by Gasteiger charge is -2.12. The van der Waals surface area contributed by atoms with Crippen molar-refractivity contribution in [1.29, 1.82) is 0 Å². The van der Waals surface area contributed by atoms with Crippen LogP contribution >= 0.6 is 0 Å². The maximum absolute atomic E-state index is 11.7. The molecule has 20 heavy (non-hydrogen) atoms. The lowest BCUT2D eigenvalue weighted by molar-refractivity contribution is -0.125. The van der Waals surface area contributed by atoms with Gasteiger partial charge in [0.1, 0.15) is 12.4 Å². The minimum Gasteiger partial charge on any atom is -0.487 e. The van der Waals surface area contributed by atoms with Gasteiger partial charge in [-0.2, -0.15) is 0 Å². The highest BCUT2D eigenvalue weighted by Crippen LogP contribution is 2.23. The Bertz CT molecular complexity index is 498. The number of carbonyl (C=O) groups is 1. The fourth-order valence-electron chi connectivity index (χ4n) is 1.51. The van der Waals surface area contributed by atoms with Gasteiger partial charge in [-0.25, -0.2) is 0 Å². The molecule has 0 saturated carbocycles. The fourth-order valence-corrected chi connectivity index (χ4v) is 1.51. The number of hydrogen-bond donors (Lipinski definition) is 2. The molecular formula is C15H20N2O3. The molecule has 3 N–H and O–H groups in total. The maximum Gasteiger partial charge on any atom is 0.246 e. The van der Waals surface area contributed by atoms with Crippen LogP contribution in [0.5, 0.6) is 5.75 Å². The topological polar surface area (TPSA) is 75.8 Å². The number of benzene rings is 1. The summed E-state index contributed by atoms with van der Waals surface area (Å²) in [5, 5.41) is 8.75. The van der Waals surface area contributed by atoms with Gasteiger partial charge in [0.25, 0.3) is 0 Å². The second-order valence-electron chi connectivity index (χ2n) is 4.21. The van der Waals surface area contributed by atoms with E-state index in [1.165, 1.54) is 11.0 Å². The van der Waals surface area contributed by atoms with E-state index < -0.39 is 0 Å². The van der Waals surface area contributed by atoms with Crippen molar-refractivity contribution in [1.82, 2.24) is 4.90 Å². The molecule has 1 aromatic rings. The van der Waals surface area contributed by atoms with Crippen LogP contribution in [0.1, 0.15) is 5.56 Å². The predicted molar refractivity (Wildman–Crippen MR) is 80.3 cm³/mol. The number of aliphatic hydroxyl groups excluding tert-OH is 1. The molecule has 108 valence electrons. The van der Waals surface area contributed by atoms with Crippen LogP contribution in [0.15, 0.2) is 36.9 Å². The van der Waals surface area contributed by atoms with E-state index in [9.17, 15) is 4.79 Å². The van der Waals surface area contributed by atoms with E-state index in [0.717, 1.165) is 5.56 Å². The Labute approximate surface area is 119 Å². The van der Waals surface area contributed by atoms with Gasteiger partial charge in [0, 0.05) is 19.7 Å². The molecular weight excluding hydrogens is 256 g/mol. The molecule has 1 amide bonds. The van der Waals surface area contributed by atoms with Crippen molar-refractivity contribution >= 4 is 17.7 Å². The van der Waals surface area contributed by atoms with Crippen LogP contribution in [0.25, 0.3) is 6.08 Å². The summed E-state index contributed by atoms with van der Waals surface area (Å²) in [6.07, 6.45) is 4.75. The van der Waals surface area contributed by atoms with E-state index in [-0.39, 0.29) is 12.5 Å². The zero-order valence-electron chi connectivity index (χ0n) is 11.6. The molecule has 0 aliphatic heterocycles. The van der Waals surface area contributed by atoms with Gasteiger partial charge < -0.3 is 20.5 Å². The van der Waals surface area contributed by atoms with Crippen LogP contribution in [-0.2, 0) is 4.79 Å². The van der Waals surface area contributed by atoms with Gasteiger partial charge in [-0.15, -0.1) is 0 Å². The van der Waals surface area contributed by atoms with E-state index in [1.54, 1.807) is 31.3 Å². The fraction of sp³-hybridized carbons (Fsp3) is 0.267. The minimum absolute atomic E-state index is 0.0572. The Morgan fingerprint density at radius 2 is 2.30 bits per heavy atom. The Kier molecular flexibility index (Phi) is 6.32. The second-order valence-corrected chi connectivity index (χ2v) is 4.21. The first kappa shape index (κ1) is 15.8. The molecule has 0 aliphatic rings. The summed E-state index contributed by atoms with van der Waals surface area (Å²) in [6.45, 7) is 4.21. The third kappa shape index (κ3) is 4.78. The standard InChI is InChI=1S/C15H20N2O3/c1-3-10-20-14-6-4-12(11-13(14)16)5-7-15(19)17(2)8-9-18/h3-7,11,18H,1,8-10,16H2,2H3/b7-5-. The van der Waals surface area contributed by atoms with Gasteiger partial charge in [0.05, 0.1) is 12.3 Å². The van der Waals surface area contributed by atoms with Crippen LogP contribution in [0, 0.1) is 0 Å². The average molecular weight is 276 g/mol. The summed E-state index contributed by atoms with van der Waals surface area (Å²) in [5.74, 6) is 0.412. The molecule has 0 aromatic heterocycles. The lowest BCUT2D eigenvalue weighted by Crippen LogP contribution is -2.27. The maximum atomic E-state index is 11.7. The summed E-state index contributed by atoms with van der Waals surface area (Å²) < 4.78 is 5.37. The van der Waals surface area contributed by atoms with Gasteiger partial charge in [-0.3, -0.25) is 4.79 Å². The Hall–Kier alpha value is -2.27. The summed E-state index contributed by atoms with van der Waals surface area (Å²) in [7, 11) is 1.63. The molecule has 5 heteroatoms. The van der Waals surface area contributed by atoms with Crippen molar-refractivity contribution in [2.45, 2.75) is 0 Å². The first-order valence-electron chi connectivity index (χ1n) is 6.25. The average Bonchev–Trinajstić information content (AvgIpc) is 2.44. The van der Waals surface area contributed by atoms with Crippen LogP contribution in [0.4, 0.5) is 5.69 Å². The molecule has 0 bridgehead atoms. The molecule has 1 aromatic carbocycles. The molecule has 0 unspecified atom stereocenters. The molecule has 1 rings (SSSR count). The zero-order chi connectivity index (χ0) is 15.0. The first-order chi connectivity index (χ1) is 9.58. The van der Waals surface area contributed by atoms with Crippen molar-refractivity contribution in [2.24, 2.45) is 0 Å². The van der Waals surface area contributed by atoms with Gasteiger partial charge in [0.15, 0.2) is 0 Å². The summed E-state index contributed by atoms with van der Waals surface area (Å²) in [6, 6.07) is 5.29. The largest absolute Gasteiger partial charge is 0.487 e. The number of hydrogen-bond acceptors (Lipinski definition) is 4. The minimum atomic E-state index is -0.176. The van der Waals surface area contributed by atoms with E-state index in [1.807, 2.05) is 6.07 Å². The van der Waals surface area contributed by atoms with Crippen LogP contribution in [-0.4, -0.2) is 42.7 Å². The number of aliphatic hydroxyl groups is 1. The van der Waals surface area contributed by atoms with Crippen molar-refractivity contribution < 1.29 is 14.6 Å². The molecule has 0 spiro atoms. The predicted octanol–water partition coefficient (Wildman–Crippen LogP) is 1.30. The number of ether oxygens (including phenoxy) is 1. The van der Waals surface area contributed by atoms with E-state index in [4.69, 9.17) is 15.6 Å². The van der Waals surface area contributed by atoms with E-state index in [0.29, 0.717) is 24.6 Å².